The second-order valence-electron chi connectivity index (χ2n) is 3.38. The number of rotatable bonds is 4. The Morgan fingerprint density at radius 1 is 1.40 bits per heavy atom. The fourth-order valence-electron chi connectivity index (χ4n) is 0.728. The fourth-order valence-corrected chi connectivity index (χ4v) is 1.29. The Morgan fingerprint density at radius 2 is 1.90 bits per heavy atom. The van der Waals surface area contributed by atoms with Crippen LogP contribution in [0.2, 0.25) is 0 Å². The van der Waals surface area contributed by atoms with Gasteiger partial charge in [-0.3, -0.25) is 0 Å². The van der Waals surface area contributed by atoms with Crippen molar-refractivity contribution in [3.63, 3.8) is 0 Å². The van der Waals surface area contributed by atoms with Crippen LogP contribution in [0.3, 0.4) is 0 Å². The molecule has 0 aromatic carbocycles. The van der Waals surface area contributed by atoms with Gasteiger partial charge >= 0.3 is 0 Å². The summed E-state index contributed by atoms with van der Waals surface area (Å²) < 4.78 is 0. The monoisotopic (exact) mass is 182 g/mol. The average Bonchev–Trinajstić information content (AvgIpc) is 1.89. The van der Waals surface area contributed by atoms with Crippen molar-refractivity contribution < 1.29 is 0 Å². The lowest BCUT2D eigenvalue weighted by Gasteiger charge is -2.26. The smallest absolute Gasteiger partial charge is 0.0398 e. The predicted octanol–water partition coefficient (Wildman–Crippen LogP) is 3.66. The summed E-state index contributed by atoms with van der Waals surface area (Å²) in [6, 6.07) is 0. The first-order valence-electron chi connectivity index (χ1n) is 3.74. The maximum atomic E-state index is 6.09. The van der Waals surface area contributed by atoms with E-state index in [2.05, 4.69) is 20.8 Å². The molecule has 0 radical (unpaired) electrons. The second kappa shape index (κ2) is 4.46. The van der Waals surface area contributed by atoms with Crippen LogP contribution in [0.5, 0.6) is 0 Å². The third-order valence-electron chi connectivity index (χ3n) is 1.73. The van der Waals surface area contributed by atoms with Crippen LogP contribution in [-0.2, 0) is 0 Å². The molecule has 62 valence electrons. The first-order chi connectivity index (χ1) is 4.54. The molecule has 10 heavy (non-hydrogen) atoms. The third-order valence-corrected chi connectivity index (χ3v) is 3.23. The lowest BCUT2D eigenvalue weighted by molar-refractivity contribution is 0.378. The maximum absolute atomic E-state index is 6.09. The lowest BCUT2D eigenvalue weighted by atomic mass is 9.89. The van der Waals surface area contributed by atoms with Gasteiger partial charge in [-0.25, -0.2) is 0 Å². The molecule has 0 aromatic rings. The van der Waals surface area contributed by atoms with Crippen molar-refractivity contribution in [3.05, 3.63) is 0 Å². The first-order valence-corrected chi connectivity index (χ1v) is 4.71. The molecule has 0 spiro atoms. The van der Waals surface area contributed by atoms with Crippen LogP contribution in [0.15, 0.2) is 0 Å². The molecule has 1 unspecified atom stereocenters. The van der Waals surface area contributed by atoms with Gasteiger partial charge in [0.25, 0.3) is 0 Å². The van der Waals surface area contributed by atoms with E-state index in [4.69, 9.17) is 23.2 Å². The zero-order valence-electron chi connectivity index (χ0n) is 6.95. The summed E-state index contributed by atoms with van der Waals surface area (Å²) in [7, 11) is 0. The van der Waals surface area contributed by atoms with Crippen LogP contribution in [0.1, 0.15) is 33.6 Å². The highest BCUT2D eigenvalue weighted by molar-refractivity contribution is 6.23. The SMILES string of the molecule is CCCC(Cl)C(C)(C)CCl. The molecule has 0 saturated carbocycles. The first kappa shape index (κ1) is 10.6. The standard InChI is InChI=1S/C8H16Cl2/c1-4-5-7(10)8(2,3)6-9/h7H,4-6H2,1-3H3. The van der Waals surface area contributed by atoms with Crippen LogP contribution in [0.25, 0.3) is 0 Å². The zero-order valence-corrected chi connectivity index (χ0v) is 8.47. The molecule has 0 fully saturated rings. The molecule has 2 heteroatoms. The van der Waals surface area contributed by atoms with Crippen molar-refractivity contribution in [2.75, 3.05) is 5.88 Å². The van der Waals surface area contributed by atoms with E-state index in [1.165, 1.54) is 0 Å². The third kappa shape index (κ3) is 3.12. The molecule has 0 N–H and O–H groups in total. The molecule has 0 nitrogen and oxygen atoms in total. The minimum atomic E-state index is 0.0825. The number of alkyl halides is 2. The minimum Gasteiger partial charge on any atom is -0.126 e. The van der Waals surface area contributed by atoms with Gasteiger partial charge in [-0.15, -0.1) is 23.2 Å². The Bertz CT molecular complexity index is 89.3. The van der Waals surface area contributed by atoms with Crippen molar-refractivity contribution in [2.24, 2.45) is 5.41 Å². The summed E-state index contributed by atoms with van der Waals surface area (Å²) in [6.45, 7) is 6.35. The van der Waals surface area contributed by atoms with E-state index in [1.54, 1.807) is 0 Å². The highest BCUT2D eigenvalue weighted by Gasteiger charge is 2.25. The van der Waals surface area contributed by atoms with Gasteiger partial charge in [0.15, 0.2) is 0 Å². The van der Waals surface area contributed by atoms with Crippen LogP contribution < -0.4 is 0 Å². The minimum absolute atomic E-state index is 0.0825. The Labute approximate surface area is 73.9 Å². The van der Waals surface area contributed by atoms with Gasteiger partial charge in [-0.2, -0.15) is 0 Å². The van der Waals surface area contributed by atoms with Crippen LogP contribution >= 0.6 is 23.2 Å². The summed E-state index contributed by atoms with van der Waals surface area (Å²) in [5.41, 5.74) is 0.0825. The van der Waals surface area contributed by atoms with Crippen molar-refractivity contribution >= 4 is 23.2 Å². The molecule has 0 aliphatic rings. The predicted molar refractivity (Wildman–Crippen MR) is 49.1 cm³/mol. The van der Waals surface area contributed by atoms with Crippen LogP contribution in [0.4, 0.5) is 0 Å². The average molecular weight is 183 g/mol. The van der Waals surface area contributed by atoms with Crippen molar-refractivity contribution in [1.29, 1.82) is 0 Å². The van der Waals surface area contributed by atoms with E-state index >= 15 is 0 Å². The van der Waals surface area contributed by atoms with Gasteiger partial charge in [0.1, 0.15) is 0 Å². The van der Waals surface area contributed by atoms with Crippen molar-refractivity contribution in [2.45, 2.75) is 39.0 Å². The fraction of sp³-hybridized carbons (Fsp3) is 1.00. The van der Waals surface area contributed by atoms with Gasteiger partial charge in [0.05, 0.1) is 0 Å². The van der Waals surface area contributed by atoms with E-state index in [1.807, 2.05) is 0 Å². The Hall–Kier alpha value is 0.580. The van der Waals surface area contributed by atoms with E-state index in [0.717, 1.165) is 12.8 Å². The number of halogens is 2. The topological polar surface area (TPSA) is 0 Å². The summed E-state index contributed by atoms with van der Waals surface area (Å²) in [6.07, 6.45) is 2.19. The Balaban J connectivity index is 3.78. The number of hydrogen-bond donors (Lipinski definition) is 0. The van der Waals surface area contributed by atoms with Gasteiger partial charge < -0.3 is 0 Å². The summed E-state index contributed by atoms with van der Waals surface area (Å²) in [5.74, 6) is 0.640. The molecular weight excluding hydrogens is 167 g/mol. The van der Waals surface area contributed by atoms with Crippen LogP contribution in [0, 0.1) is 5.41 Å². The van der Waals surface area contributed by atoms with Gasteiger partial charge in [-0.05, 0) is 11.8 Å². The zero-order chi connectivity index (χ0) is 8.20. The largest absolute Gasteiger partial charge is 0.126 e. The molecule has 0 heterocycles. The second-order valence-corrected chi connectivity index (χ2v) is 4.17. The lowest BCUT2D eigenvalue weighted by Crippen LogP contribution is -2.26. The number of hydrogen-bond acceptors (Lipinski definition) is 0. The molecule has 1 atom stereocenters. The quantitative estimate of drug-likeness (QED) is 0.583. The molecule has 0 amide bonds. The maximum Gasteiger partial charge on any atom is 0.0398 e. The molecule has 0 aliphatic carbocycles. The Kier molecular flexibility index (Phi) is 4.71. The van der Waals surface area contributed by atoms with E-state index in [0.29, 0.717) is 5.88 Å². The van der Waals surface area contributed by atoms with Crippen molar-refractivity contribution in [1.82, 2.24) is 0 Å². The molecular formula is C8H16Cl2. The van der Waals surface area contributed by atoms with Crippen LogP contribution in [-0.4, -0.2) is 11.3 Å². The highest BCUT2D eigenvalue weighted by Crippen LogP contribution is 2.29. The van der Waals surface area contributed by atoms with Gasteiger partial charge in [-0.1, -0.05) is 27.2 Å². The summed E-state index contributed by atoms with van der Waals surface area (Å²) in [4.78, 5) is 0. The molecule has 0 saturated heterocycles. The van der Waals surface area contributed by atoms with Crippen molar-refractivity contribution in [3.8, 4) is 0 Å². The summed E-state index contributed by atoms with van der Waals surface area (Å²) in [5, 5.41) is 0.218. The summed E-state index contributed by atoms with van der Waals surface area (Å²) >= 11 is 11.8. The van der Waals surface area contributed by atoms with E-state index in [-0.39, 0.29) is 10.8 Å². The molecule has 0 bridgehead atoms. The van der Waals surface area contributed by atoms with E-state index in [9.17, 15) is 0 Å². The molecule has 0 aromatic heterocycles. The normalized spacial score (nSPS) is 15.3. The van der Waals surface area contributed by atoms with Gasteiger partial charge in [0, 0.05) is 11.3 Å². The van der Waals surface area contributed by atoms with E-state index < -0.39 is 0 Å². The highest BCUT2D eigenvalue weighted by atomic mass is 35.5. The Morgan fingerprint density at radius 3 is 2.20 bits per heavy atom. The molecule has 0 aliphatic heterocycles. The van der Waals surface area contributed by atoms with Gasteiger partial charge in [0.2, 0.25) is 0 Å². The molecule has 0 rings (SSSR count).